The topological polar surface area (TPSA) is 38.9 Å². The number of aromatic nitrogens is 1. The fourth-order valence-corrected chi connectivity index (χ4v) is 2.27. The number of hydrogen-bond acceptors (Lipinski definition) is 2. The maximum Gasteiger partial charge on any atom is 0.0450 e. The molecule has 2 rings (SSSR count). The molecular weight excluding hydrogens is 220 g/mol. The Morgan fingerprint density at radius 1 is 1.17 bits per heavy atom. The molecule has 18 heavy (non-hydrogen) atoms. The van der Waals surface area contributed by atoms with Gasteiger partial charge in [-0.25, -0.2) is 0 Å². The van der Waals surface area contributed by atoms with Gasteiger partial charge in [-0.1, -0.05) is 29.8 Å². The second-order valence-corrected chi connectivity index (χ2v) is 4.82. The highest BCUT2D eigenvalue weighted by Crippen LogP contribution is 2.20. The summed E-state index contributed by atoms with van der Waals surface area (Å²) in [5.41, 5.74) is 11.0. The summed E-state index contributed by atoms with van der Waals surface area (Å²) in [5, 5.41) is 0. The number of aryl methyl sites for hydroxylation is 2. The lowest BCUT2D eigenvalue weighted by Crippen LogP contribution is -2.16. The van der Waals surface area contributed by atoms with Gasteiger partial charge >= 0.3 is 0 Å². The zero-order valence-corrected chi connectivity index (χ0v) is 11.1. The van der Waals surface area contributed by atoms with Gasteiger partial charge in [0.25, 0.3) is 0 Å². The van der Waals surface area contributed by atoms with E-state index in [9.17, 15) is 0 Å². The van der Waals surface area contributed by atoms with E-state index in [2.05, 4.69) is 43.1 Å². The van der Waals surface area contributed by atoms with E-state index in [1.807, 2.05) is 18.3 Å². The zero-order valence-electron chi connectivity index (χ0n) is 11.1. The molecule has 0 saturated carbocycles. The molecule has 2 aromatic rings. The van der Waals surface area contributed by atoms with E-state index in [0.717, 1.165) is 12.1 Å². The Labute approximate surface area is 109 Å². The van der Waals surface area contributed by atoms with Crippen molar-refractivity contribution in [3.63, 3.8) is 0 Å². The summed E-state index contributed by atoms with van der Waals surface area (Å²) >= 11 is 0. The van der Waals surface area contributed by atoms with Crippen LogP contribution in [0.4, 0.5) is 0 Å². The second-order valence-electron chi connectivity index (χ2n) is 4.82. The van der Waals surface area contributed by atoms with Gasteiger partial charge in [0.2, 0.25) is 0 Å². The molecule has 2 N–H and O–H groups in total. The van der Waals surface area contributed by atoms with E-state index in [4.69, 9.17) is 5.73 Å². The van der Waals surface area contributed by atoms with Crippen molar-refractivity contribution in [3.05, 3.63) is 65.0 Å². The number of nitrogens with two attached hydrogens (primary N) is 1. The van der Waals surface area contributed by atoms with Gasteiger partial charge in [-0.15, -0.1) is 0 Å². The summed E-state index contributed by atoms with van der Waals surface area (Å²) in [6.07, 6.45) is 2.79. The Morgan fingerprint density at radius 3 is 2.61 bits per heavy atom. The van der Waals surface area contributed by atoms with Crippen LogP contribution in [0.2, 0.25) is 0 Å². The summed E-state index contributed by atoms with van der Waals surface area (Å²) in [5.74, 6) is 0.299. The lowest BCUT2D eigenvalue weighted by atomic mass is 9.92. The van der Waals surface area contributed by atoms with Gasteiger partial charge < -0.3 is 5.73 Å². The summed E-state index contributed by atoms with van der Waals surface area (Å²) in [4.78, 5) is 4.41. The van der Waals surface area contributed by atoms with Gasteiger partial charge in [0.1, 0.15) is 0 Å². The minimum atomic E-state index is 0.299. The average molecular weight is 240 g/mol. The molecule has 0 saturated heterocycles. The summed E-state index contributed by atoms with van der Waals surface area (Å²) in [6, 6.07) is 12.6. The SMILES string of the molecule is Cc1ccc(CC(CN)c2ccccn2)c(C)c1. The molecule has 1 aromatic carbocycles. The maximum absolute atomic E-state index is 5.89. The average Bonchev–Trinajstić information content (AvgIpc) is 2.39. The molecule has 2 nitrogen and oxygen atoms in total. The van der Waals surface area contributed by atoms with Crippen LogP contribution in [0.5, 0.6) is 0 Å². The molecule has 1 heterocycles. The smallest absolute Gasteiger partial charge is 0.0450 e. The Kier molecular flexibility index (Phi) is 4.11. The third-order valence-corrected chi connectivity index (χ3v) is 3.35. The van der Waals surface area contributed by atoms with Crippen LogP contribution in [0.1, 0.15) is 28.3 Å². The summed E-state index contributed by atoms with van der Waals surface area (Å²) in [6.45, 7) is 4.91. The van der Waals surface area contributed by atoms with Crippen molar-refractivity contribution >= 4 is 0 Å². The van der Waals surface area contributed by atoms with Crippen molar-refractivity contribution < 1.29 is 0 Å². The first kappa shape index (κ1) is 12.8. The van der Waals surface area contributed by atoms with E-state index < -0.39 is 0 Å². The fraction of sp³-hybridized carbons (Fsp3) is 0.312. The highest BCUT2D eigenvalue weighted by atomic mass is 14.7. The quantitative estimate of drug-likeness (QED) is 0.892. The van der Waals surface area contributed by atoms with Crippen molar-refractivity contribution in [2.24, 2.45) is 5.73 Å². The number of pyridine rings is 1. The van der Waals surface area contributed by atoms with Gasteiger partial charge in [-0.05, 0) is 43.5 Å². The molecule has 0 bridgehead atoms. The van der Waals surface area contributed by atoms with Gasteiger partial charge in [0, 0.05) is 24.4 Å². The first-order chi connectivity index (χ1) is 8.70. The second kappa shape index (κ2) is 5.78. The molecule has 0 aliphatic carbocycles. The third kappa shape index (κ3) is 2.96. The van der Waals surface area contributed by atoms with Crippen LogP contribution < -0.4 is 5.73 Å². The maximum atomic E-state index is 5.89. The molecule has 2 heteroatoms. The van der Waals surface area contributed by atoms with Crippen LogP contribution in [0, 0.1) is 13.8 Å². The Morgan fingerprint density at radius 2 is 2.00 bits per heavy atom. The fourth-order valence-electron chi connectivity index (χ4n) is 2.27. The Balaban J connectivity index is 2.21. The molecule has 1 aromatic heterocycles. The molecule has 0 fully saturated rings. The predicted molar refractivity (Wildman–Crippen MR) is 75.7 cm³/mol. The third-order valence-electron chi connectivity index (χ3n) is 3.35. The van der Waals surface area contributed by atoms with E-state index in [0.29, 0.717) is 12.5 Å². The van der Waals surface area contributed by atoms with Crippen molar-refractivity contribution in [1.82, 2.24) is 4.98 Å². The Bertz CT molecular complexity index is 506. The van der Waals surface area contributed by atoms with Crippen molar-refractivity contribution in [3.8, 4) is 0 Å². The largest absolute Gasteiger partial charge is 0.330 e. The summed E-state index contributed by atoms with van der Waals surface area (Å²) < 4.78 is 0. The van der Waals surface area contributed by atoms with Crippen LogP contribution >= 0.6 is 0 Å². The number of nitrogens with zero attached hydrogens (tertiary/aromatic N) is 1. The molecule has 1 unspecified atom stereocenters. The van der Waals surface area contributed by atoms with Crippen LogP contribution in [0.15, 0.2) is 42.6 Å². The molecule has 1 atom stereocenters. The van der Waals surface area contributed by atoms with Gasteiger partial charge in [-0.2, -0.15) is 0 Å². The molecule has 0 aliphatic heterocycles. The van der Waals surface area contributed by atoms with Crippen LogP contribution in [0.3, 0.4) is 0 Å². The highest BCUT2D eigenvalue weighted by molar-refractivity contribution is 5.32. The molecule has 0 radical (unpaired) electrons. The van der Waals surface area contributed by atoms with Crippen molar-refractivity contribution in [1.29, 1.82) is 0 Å². The lowest BCUT2D eigenvalue weighted by molar-refractivity contribution is 0.670. The van der Waals surface area contributed by atoms with E-state index in [1.165, 1.54) is 16.7 Å². The standard InChI is InChI=1S/C16H20N2/c1-12-6-7-14(13(2)9-12)10-15(11-17)16-5-3-4-8-18-16/h3-9,15H,10-11,17H2,1-2H3. The zero-order chi connectivity index (χ0) is 13.0. The van der Waals surface area contributed by atoms with Crippen molar-refractivity contribution in [2.75, 3.05) is 6.54 Å². The minimum absolute atomic E-state index is 0.299. The highest BCUT2D eigenvalue weighted by Gasteiger charge is 2.12. The van der Waals surface area contributed by atoms with Gasteiger partial charge in [0.05, 0.1) is 0 Å². The van der Waals surface area contributed by atoms with E-state index >= 15 is 0 Å². The molecule has 0 amide bonds. The first-order valence-electron chi connectivity index (χ1n) is 6.38. The first-order valence-corrected chi connectivity index (χ1v) is 6.38. The molecular formula is C16H20N2. The van der Waals surface area contributed by atoms with Gasteiger partial charge in [-0.3, -0.25) is 4.98 Å². The van der Waals surface area contributed by atoms with Crippen LogP contribution in [0.25, 0.3) is 0 Å². The monoisotopic (exact) mass is 240 g/mol. The number of benzene rings is 1. The summed E-state index contributed by atoms with van der Waals surface area (Å²) in [7, 11) is 0. The lowest BCUT2D eigenvalue weighted by Gasteiger charge is -2.16. The number of hydrogen-bond donors (Lipinski definition) is 1. The molecule has 0 aliphatic rings. The van der Waals surface area contributed by atoms with E-state index in [1.54, 1.807) is 0 Å². The van der Waals surface area contributed by atoms with Crippen LogP contribution in [-0.4, -0.2) is 11.5 Å². The minimum Gasteiger partial charge on any atom is -0.330 e. The Hall–Kier alpha value is -1.67. The van der Waals surface area contributed by atoms with Crippen molar-refractivity contribution in [2.45, 2.75) is 26.2 Å². The predicted octanol–water partition coefficient (Wildman–Crippen LogP) is 2.98. The molecule has 94 valence electrons. The van der Waals surface area contributed by atoms with E-state index in [-0.39, 0.29) is 0 Å². The van der Waals surface area contributed by atoms with Gasteiger partial charge in [0.15, 0.2) is 0 Å². The normalized spacial score (nSPS) is 12.4. The number of rotatable bonds is 4. The van der Waals surface area contributed by atoms with Crippen LogP contribution in [-0.2, 0) is 6.42 Å². The molecule has 0 spiro atoms.